The number of hydrogen-bond acceptors (Lipinski definition) is 1. The fourth-order valence-corrected chi connectivity index (χ4v) is 17.7. The van der Waals surface area contributed by atoms with Crippen LogP contribution in [0.2, 0.25) is 0 Å². The van der Waals surface area contributed by atoms with Crippen LogP contribution in [0.3, 0.4) is 0 Å². The van der Waals surface area contributed by atoms with Crippen molar-refractivity contribution < 1.29 is 0 Å². The van der Waals surface area contributed by atoms with Gasteiger partial charge < -0.3 is 0 Å². The average Bonchev–Trinajstić information content (AvgIpc) is 3.04. The first-order chi connectivity index (χ1) is 19.3. The van der Waals surface area contributed by atoms with Crippen LogP contribution in [-0.2, 0) is 0 Å². The monoisotopic (exact) mass is 541 g/mol. The van der Waals surface area contributed by atoms with Crippen LogP contribution in [0.5, 0.6) is 0 Å². The zero-order valence-electron chi connectivity index (χ0n) is 21.8. The number of rotatable bonds is 8. The molecule has 0 atom stereocenters. The van der Waals surface area contributed by atoms with Gasteiger partial charge >= 0.3 is 234 Å². The molecule has 0 heterocycles. The van der Waals surface area contributed by atoms with Crippen molar-refractivity contribution >= 4 is 46.7 Å². The molecule has 6 aromatic rings. The van der Waals surface area contributed by atoms with E-state index in [1.54, 1.807) is 0 Å². The molecule has 1 N–H and O–H groups in total. The standard InChI is InChI=1S/C36H33NP2/c1-7-19-31(20-8-1)38(32-21-9-2-10-22-32,33-23-11-3-12-24-33)37-39(34-25-13-4-14-26-34,35-27-15-5-16-28-35)36-29-17-6-18-30-36/h1-30,37-39H. The van der Waals surface area contributed by atoms with Gasteiger partial charge in [-0.05, 0) is 0 Å². The van der Waals surface area contributed by atoms with E-state index >= 15 is 0 Å². The van der Waals surface area contributed by atoms with E-state index in [0.717, 1.165) is 0 Å². The maximum atomic E-state index is 4.66. The summed E-state index contributed by atoms with van der Waals surface area (Å²) in [6.45, 7) is 0. The van der Waals surface area contributed by atoms with E-state index in [1.807, 2.05) is 0 Å². The summed E-state index contributed by atoms with van der Waals surface area (Å²) in [5.41, 5.74) is 0. The van der Waals surface area contributed by atoms with E-state index in [-0.39, 0.29) is 0 Å². The van der Waals surface area contributed by atoms with Crippen LogP contribution in [-0.4, -0.2) is 0 Å². The molecule has 0 unspecified atom stereocenters. The minimum absolute atomic E-state index is 1.35. The molecule has 0 saturated carbocycles. The quantitative estimate of drug-likeness (QED) is 0.238. The molecule has 6 rings (SSSR count). The molecule has 0 aliphatic carbocycles. The van der Waals surface area contributed by atoms with Gasteiger partial charge in [0.15, 0.2) is 0 Å². The number of benzene rings is 6. The first-order valence-corrected chi connectivity index (χ1v) is 17.5. The summed E-state index contributed by atoms with van der Waals surface area (Å²) < 4.78 is 0. The van der Waals surface area contributed by atoms with Crippen molar-refractivity contribution in [3.05, 3.63) is 182 Å². The van der Waals surface area contributed by atoms with Gasteiger partial charge in [-0.3, -0.25) is 0 Å². The Balaban J connectivity index is 1.76. The Bertz CT molecular complexity index is 1270. The van der Waals surface area contributed by atoms with Crippen LogP contribution < -0.4 is 36.7 Å². The van der Waals surface area contributed by atoms with Crippen LogP contribution in [0.1, 0.15) is 0 Å². The molecule has 1 nitrogen and oxygen atoms in total. The van der Waals surface area contributed by atoms with Gasteiger partial charge in [-0.15, -0.1) is 0 Å². The van der Waals surface area contributed by atoms with E-state index in [2.05, 4.69) is 187 Å². The Morgan fingerprint density at radius 1 is 0.231 bits per heavy atom. The summed E-state index contributed by atoms with van der Waals surface area (Å²) in [4.78, 5) is 4.66. The Labute approximate surface area is 233 Å². The molecule has 39 heavy (non-hydrogen) atoms. The topological polar surface area (TPSA) is 12.0 Å². The summed E-state index contributed by atoms with van der Waals surface area (Å²) in [6, 6.07) is 66.7. The third-order valence-electron chi connectivity index (χ3n) is 7.62. The summed E-state index contributed by atoms with van der Waals surface area (Å²) in [6.07, 6.45) is 0. The van der Waals surface area contributed by atoms with Gasteiger partial charge in [0, 0.05) is 0 Å². The summed E-state index contributed by atoms with van der Waals surface area (Å²) >= 11 is 0. The SMILES string of the molecule is c1ccc([PH](N[PH](c2ccccc2)(c2ccccc2)c2ccccc2)(c2ccccc2)c2ccccc2)cc1. The molecular weight excluding hydrogens is 508 g/mol. The van der Waals surface area contributed by atoms with Crippen molar-refractivity contribution in [3.8, 4) is 0 Å². The van der Waals surface area contributed by atoms with E-state index < -0.39 is 14.8 Å². The Kier molecular flexibility index (Phi) is 7.49. The average molecular weight is 542 g/mol. The Morgan fingerprint density at radius 2 is 0.385 bits per heavy atom. The van der Waals surface area contributed by atoms with Crippen molar-refractivity contribution in [2.24, 2.45) is 0 Å². The molecule has 0 aliphatic rings. The van der Waals surface area contributed by atoms with E-state index in [1.165, 1.54) is 31.8 Å². The van der Waals surface area contributed by atoms with Gasteiger partial charge in [-0.25, -0.2) is 0 Å². The molecule has 0 bridgehead atoms. The molecule has 192 valence electrons. The summed E-state index contributed by atoms with van der Waals surface area (Å²) in [7, 11) is -5.59. The van der Waals surface area contributed by atoms with Crippen LogP contribution >= 0.6 is 14.8 Å². The molecule has 0 aromatic heterocycles. The normalized spacial score (nSPS) is 12.5. The third kappa shape index (κ3) is 4.75. The minimum atomic E-state index is -2.80. The third-order valence-corrected chi connectivity index (χ3v) is 17.8. The zero-order valence-corrected chi connectivity index (χ0v) is 23.8. The molecule has 0 fully saturated rings. The fraction of sp³-hybridized carbons (Fsp3) is 0. The van der Waals surface area contributed by atoms with Crippen molar-refractivity contribution in [1.29, 1.82) is 0 Å². The van der Waals surface area contributed by atoms with Gasteiger partial charge in [0.2, 0.25) is 0 Å². The summed E-state index contributed by atoms with van der Waals surface area (Å²) in [5.74, 6) is 0. The first-order valence-electron chi connectivity index (χ1n) is 13.5. The van der Waals surface area contributed by atoms with Crippen molar-refractivity contribution in [2.75, 3.05) is 0 Å². The molecule has 3 heteroatoms. The van der Waals surface area contributed by atoms with Crippen LogP contribution in [0, 0.1) is 0 Å². The fourth-order valence-electron chi connectivity index (χ4n) is 5.84. The van der Waals surface area contributed by atoms with Crippen molar-refractivity contribution in [1.82, 2.24) is 4.86 Å². The molecule has 0 amide bonds. The van der Waals surface area contributed by atoms with Gasteiger partial charge in [0.05, 0.1) is 0 Å². The predicted octanol–water partition coefficient (Wildman–Crippen LogP) is 5.86. The Hall–Kier alpha value is -3.86. The van der Waals surface area contributed by atoms with E-state index in [9.17, 15) is 0 Å². The molecule has 6 aromatic carbocycles. The second-order valence-electron chi connectivity index (χ2n) is 9.82. The van der Waals surface area contributed by atoms with E-state index in [0.29, 0.717) is 0 Å². The first kappa shape index (κ1) is 25.4. The van der Waals surface area contributed by atoms with Crippen LogP contribution in [0.15, 0.2) is 182 Å². The van der Waals surface area contributed by atoms with Crippen LogP contribution in [0.25, 0.3) is 0 Å². The second-order valence-corrected chi connectivity index (χ2v) is 17.3. The van der Waals surface area contributed by atoms with Gasteiger partial charge in [0.25, 0.3) is 0 Å². The van der Waals surface area contributed by atoms with Crippen molar-refractivity contribution in [3.63, 3.8) is 0 Å². The number of nitrogens with one attached hydrogen (secondary N) is 1. The zero-order chi connectivity index (χ0) is 26.4. The van der Waals surface area contributed by atoms with Gasteiger partial charge in [-0.1, -0.05) is 0 Å². The molecule has 0 spiro atoms. The molecule has 0 saturated heterocycles. The van der Waals surface area contributed by atoms with Crippen LogP contribution in [0.4, 0.5) is 0 Å². The number of hydrogen-bond donors (Lipinski definition) is 1. The maximum absolute atomic E-state index is 4.66. The van der Waals surface area contributed by atoms with Gasteiger partial charge in [-0.2, -0.15) is 0 Å². The molecule has 0 radical (unpaired) electrons. The molecule has 0 aliphatic heterocycles. The summed E-state index contributed by atoms with van der Waals surface area (Å²) in [5, 5.41) is 8.09. The predicted molar refractivity (Wildman–Crippen MR) is 176 cm³/mol. The Morgan fingerprint density at radius 3 is 0.538 bits per heavy atom. The molecular formula is C36H33NP2. The van der Waals surface area contributed by atoms with Crippen molar-refractivity contribution in [2.45, 2.75) is 0 Å². The second kappa shape index (κ2) is 11.5. The van der Waals surface area contributed by atoms with E-state index in [4.69, 9.17) is 0 Å². The van der Waals surface area contributed by atoms with Gasteiger partial charge in [0.1, 0.15) is 0 Å².